The van der Waals surface area contributed by atoms with E-state index in [1.807, 2.05) is 38.1 Å². The van der Waals surface area contributed by atoms with Crippen molar-refractivity contribution < 1.29 is 9.50 Å². The minimum absolute atomic E-state index is 0.00547. The molecule has 1 aliphatic carbocycles. The third kappa shape index (κ3) is 5.75. The average Bonchev–Trinajstić information content (AvgIpc) is 3.26. The first-order valence-corrected chi connectivity index (χ1v) is 14.7. The first kappa shape index (κ1) is 29.2. The molecule has 1 saturated heterocycles. The molecule has 1 N–H and O–H groups in total. The van der Waals surface area contributed by atoms with Crippen LogP contribution in [0.1, 0.15) is 46.2 Å². The lowest BCUT2D eigenvalue weighted by atomic mass is 9.84. The van der Waals surface area contributed by atoms with E-state index in [2.05, 4.69) is 36.6 Å². The maximum Gasteiger partial charge on any atom is 0.328 e. The normalized spacial score (nSPS) is 20.4. The molecule has 218 valence electrons. The Morgan fingerprint density at radius 2 is 1.71 bits per heavy atom. The van der Waals surface area contributed by atoms with Gasteiger partial charge in [-0.1, -0.05) is 38.1 Å². The number of phenols is 1. The highest BCUT2D eigenvalue weighted by Gasteiger charge is 2.32. The number of halogens is 2. The molecule has 0 spiro atoms. The molecule has 0 unspecified atom stereocenters. The highest BCUT2D eigenvalue weighted by molar-refractivity contribution is 6.23. The van der Waals surface area contributed by atoms with Crippen molar-refractivity contribution in [2.45, 2.75) is 51.6 Å². The lowest BCUT2D eigenvalue weighted by Gasteiger charge is -2.43. The number of piperazine rings is 1. The van der Waals surface area contributed by atoms with Crippen LogP contribution in [0.3, 0.4) is 0 Å². The highest BCUT2D eigenvalue weighted by Crippen LogP contribution is 2.43. The third-order valence-corrected chi connectivity index (χ3v) is 8.74. The van der Waals surface area contributed by atoms with Crippen molar-refractivity contribution in [3.63, 3.8) is 0 Å². The predicted octanol–water partition coefficient (Wildman–Crippen LogP) is 6.45. The zero-order valence-corrected chi connectivity index (χ0v) is 25.5. The molecule has 6 nitrogen and oxygen atoms in total. The van der Waals surface area contributed by atoms with Crippen molar-refractivity contribution in [3.05, 3.63) is 88.4 Å². The van der Waals surface area contributed by atoms with Crippen molar-refractivity contribution in [1.82, 2.24) is 14.0 Å². The Balaban J connectivity index is 1.49. The Bertz CT molecular complexity index is 1550. The molecule has 0 saturated carbocycles. The predicted molar refractivity (Wildman–Crippen MR) is 166 cm³/mol. The van der Waals surface area contributed by atoms with Crippen molar-refractivity contribution in [1.29, 1.82) is 0 Å². The number of hydrogen-bond donors (Lipinski definition) is 1. The van der Waals surface area contributed by atoms with Gasteiger partial charge in [-0.15, -0.1) is 11.6 Å². The number of alkyl halides is 1. The van der Waals surface area contributed by atoms with Crippen LogP contribution in [-0.2, 0) is 7.05 Å². The SMILES string of the molecule is CC(C)C1=CC(c2cc(F)cc(-c3cccc(N4CCN(C(C)(C)C)CC4)c3)c2O)=C[C@H](Cl)[C@H]1n1ccn(C)c1=O. The van der Waals surface area contributed by atoms with E-state index in [1.165, 1.54) is 16.7 Å². The minimum Gasteiger partial charge on any atom is -0.507 e. The van der Waals surface area contributed by atoms with Gasteiger partial charge in [0, 0.05) is 68.0 Å². The molecular weight excluding hydrogens is 539 g/mol. The van der Waals surface area contributed by atoms with Gasteiger partial charge in [0.25, 0.3) is 0 Å². The van der Waals surface area contributed by atoms with Crippen LogP contribution in [0.4, 0.5) is 10.1 Å². The maximum atomic E-state index is 15.2. The molecule has 2 heterocycles. The first-order valence-electron chi connectivity index (χ1n) is 14.3. The number of imidazole rings is 1. The number of aromatic nitrogens is 2. The van der Waals surface area contributed by atoms with Crippen molar-refractivity contribution in [3.8, 4) is 16.9 Å². The van der Waals surface area contributed by atoms with E-state index in [-0.39, 0.29) is 28.9 Å². The molecule has 0 amide bonds. The van der Waals surface area contributed by atoms with Crippen LogP contribution in [0.5, 0.6) is 5.75 Å². The zero-order chi connectivity index (χ0) is 29.6. The second-order valence-electron chi connectivity index (χ2n) is 12.5. The lowest BCUT2D eigenvalue weighted by Crippen LogP contribution is -2.53. The topological polar surface area (TPSA) is 53.6 Å². The number of nitrogens with zero attached hydrogens (tertiary/aromatic N) is 4. The van der Waals surface area contributed by atoms with E-state index in [1.54, 1.807) is 30.1 Å². The Morgan fingerprint density at radius 3 is 2.32 bits per heavy atom. The maximum absolute atomic E-state index is 15.2. The second kappa shape index (κ2) is 11.2. The molecule has 0 bridgehead atoms. The molecule has 1 fully saturated rings. The molecule has 3 aromatic rings. The monoisotopic (exact) mass is 578 g/mol. The minimum atomic E-state index is -0.561. The summed E-state index contributed by atoms with van der Waals surface area (Å²) >= 11 is 6.91. The number of hydrogen-bond acceptors (Lipinski definition) is 4. The molecule has 1 aliphatic heterocycles. The van der Waals surface area contributed by atoms with Crippen LogP contribution in [0.15, 0.2) is 71.3 Å². The Hall–Kier alpha value is -3.29. The highest BCUT2D eigenvalue weighted by atomic mass is 35.5. The Morgan fingerprint density at radius 1 is 1.02 bits per heavy atom. The van der Waals surface area contributed by atoms with E-state index in [0.717, 1.165) is 43.0 Å². The molecule has 2 aliphatic rings. The van der Waals surface area contributed by atoms with Crippen LogP contribution < -0.4 is 10.6 Å². The van der Waals surface area contributed by atoms with Gasteiger partial charge in [0.1, 0.15) is 11.6 Å². The largest absolute Gasteiger partial charge is 0.507 e. The number of rotatable bonds is 5. The van der Waals surface area contributed by atoms with E-state index in [9.17, 15) is 9.90 Å². The average molecular weight is 579 g/mol. The summed E-state index contributed by atoms with van der Waals surface area (Å²) in [6, 6.07) is 10.3. The van der Waals surface area contributed by atoms with Gasteiger partial charge in [-0.05, 0) is 67.7 Å². The molecule has 8 heteroatoms. The van der Waals surface area contributed by atoms with Gasteiger partial charge in [-0.2, -0.15) is 0 Å². The number of benzene rings is 2. The molecule has 2 aromatic carbocycles. The number of anilines is 1. The molecular formula is C33H40ClFN4O2. The van der Waals surface area contributed by atoms with Gasteiger partial charge in [0.2, 0.25) is 0 Å². The van der Waals surface area contributed by atoms with E-state index in [4.69, 9.17) is 11.6 Å². The second-order valence-corrected chi connectivity index (χ2v) is 13.0. The van der Waals surface area contributed by atoms with E-state index in [0.29, 0.717) is 16.7 Å². The Kier molecular flexibility index (Phi) is 7.96. The Labute approximate surface area is 247 Å². The molecule has 41 heavy (non-hydrogen) atoms. The quantitative estimate of drug-likeness (QED) is 0.354. The summed E-state index contributed by atoms with van der Waals surface area (Å²) in [5.74, 6) is -0.363. The molecule has 1 aromatic heterocycles. The standard InChI is InChI=1S/C33H40ClFN4O2/c1-21(2)26-17-23(18-29(34)30(26)39-15-10-36(6)32(39)41)28-20-24(35)19-27(31(28)40)22-8-7-9-25(16-22)37-11-13-38(14-12-37)33(3,4)5/h7-10,15-21,29-30,40H,11-14H2,1-6H3/t29-,30-/m0/s1. The summed E-state index contributed by atoms with van der Waals surface area (Å²) in [7, 11) is 1.71. The summed E-state index contributed by atoms with van der Waals surface area (Å²) < 4.78 is 18.3. The van der Waals surface area contributed by atoms with Crippen molar-refractivity contribution >= 4 is 22.9 Å². The fraction of sp³-hybridized carbons (Fsp3) is 0.424. The van der Waals surface area contributed by atoms with E-state index < -0.39 is 11.2 Å². The van der Waals surface area contributed by atoms with Crippen molar-refractivity contribution in [2.75, 3.05) is 31.1 Å². The van der Waals surface area contributed by atoms with Gasteiger partial charge in [-0.25, -0.2) is 9.18 Å². The summed E-state index contributed by atoms with van der Waals surface area (Å²) in [4.78, 5) is 17.6. The third-order valence-electron chi connectivity index (χ3n) is 8.38. The molecule has 0 radical (unpaired) electrons. The van der Waals surface area contributed by atoms with Gasteiger partial charge < -0.3 is 14.6 Å². The summed E-state index contributed by atoms with van der Waals surface area (Å²) in [6.07, 6.45) is 7.20. The molecule has 5 rings (SSSR count). The number of aryl methyl sites for hydroxylation is 1. The summed E-state index contributed by atoms with van der Waals surface area (Å²) in [5, 5.41) is 11.0. The number of phenolic OH excluding ortho intramolecular Hbond substituents is 1. The number of allylic oxidation sites excluding steroid dienone is 4. The summed E-state index contributed by atoms with van der Waals surface area (Å²) in [5.41, 5.74) is 4.18. The fourth-order valence-corrected chi connectivity index (χ4v) is 6.39. The fourth-order valence-electron chi connectivity index (χ4n) is 5.99. The smallest absolute Gasteiger partial charge is 0.328 e. The van der Waals surface area contributed by atoms with Gasteiger partial charge in [0.05, 0.1) is 11.4 Å². The first-order chi connectivity index (χ1) is 19.3. The van der Waals surface area contributed by atoms with Crippen LogP contribution in [-0.4, -0.2) is 56.2 Å². The lowest BCUT2D eigenvalue weighted by molar-refractivity contribution is 0.128. The van der Waals surface area contributed by atoms with Crippen molar-refractivity contribution in [2.24, 2.45) is 13.0 Å². The van der Waals surface area contributed by atoms with Gasteiger partial charge in [0.15, 0.2) is 0 Å². The number of aromatic hydroxyl groups is 1. The van der Waals surface area contributed by atoms with Crippen LogP contribution in [0, 0.1) is 11.7 Å². The van der Waals surface area contributed by atoms with Gasteiger partial charge in [-0.3, -0.25) is 9.47 Å². The van der Waals surface area contributed by atoms with Crippen LogP contribution in [0.2, 0.25) is 0 Å². The zero-order valence-electron chi connectivity index (χ0n) is 24.7. The molecule has 2 atom stereocenters. The van der Waals surface area contributed by atoms with Gasteiger partial charge >= 0.3 is 5.69 Å². The summed E-state index contributed by atoms with van der Waals surface area (Å²) in [6.45, 7) is 14.6. The van der Waals surface area contributed by atoms with E-state index >= 15 is 4.39 Å². The van der Waals surface area contributed by atoms with Crippen LogP contribution in [0.25, 0.3) is 16.7 Å². The van der Waals surface area contributed by atoms with Crippen LogP contribution >= 0.6 is 11.6 Å².